The van der Waals surface area contributed by atoms with Crippen molar-refractivity contribution < 1.29 is 22.7 Å². The van der Waals surface area contributed by atoms with E-state index in [2.05, 4.69) is 10.4 Å². The molecule has 1 aromatic carbocycles. The van der Waals surface area contributed by atoms with Gasteiger partial charge in [-0.05, 0) is 30.8 Å². The van der Waals surface area contributed by atoms with E-state index in [1.165, 1.54) is 28.9 Å². The molecule has 0 bridgehead atoms. The number of para-hydroxylation sites is 1. The third-order valence-corrected chi connectivity index (χ3v) is 3.49. The molecule has 0 aliphatic rings. The van der Waals surface area contributed by atoms with Crippen LogP contribution in [0.3, 0.4) is 0 Å². The lowest BCUT2D eigenvalue weighted by Crippen LogP contribution is -2.21. The van der Waals surface area contributed by atoms with E-state index >= 15 is 0 Å². The van der Waals surface area contributed by atoms with Crippen molar-refractivity contribution in [2.45, 2.75) is 17.3 Å². The molecule has 23 heavy (non-hydrogen) atoms. The summed E-state index contributed by atoms with van der Waals surface area (Å²) in [7, 11) is 1.67. The highest BCUT2D eigenvalue weighted by Crippen LogP contribution is 2.41. The number of aryl methyl sites for hydroxylation is 2. The number of benzene rings is 1. The summed E-state index contributed by atoms with van der Waals surface area (Å²) in [4.78, 5) is 11.7. The van der Waals surface area contributed by atoms with Crippen molar-refractivity contribution in [2.24, 2.45) is 7.05 Å². The molecule has 0 saturated carbocycles. The van der Waals surface area contributed by atoms with E-state index in [-0.39, 0.29) is 22.4 Å². The van der Waals surface area contributed by atoms with Crippen molar-refractivity contribution >= 4 is 23.5 Å². The van der Waals surface area contributed by atoms with Gasteiger partial charge in [0.05, 0.1) is 10.6 Å². The first kappa shape index (κ1) is 17.2. The van der Waals surface area contributed by atoms with Gasteiger partial charge in [-0.25, -0.2) is 0 Å². The number of anilines is 1. The first-order valence-corrected chi connectivity index (χ1v) is 7.34. The molecule has 0 saturated heterocycles. The zero-order valence-electron chi connectivity index (χ0n) is 12.3. The molecule has 0 spiro atoms. The van der Waals surface area contributed by atoms with Gasteiger partial charge in [-0.15, -0.1) is 0 Å². The van der Waals surface area contributed by atoms with Crippen molar-refractivity contribution in [1.82, 2.24) is 9.78 Å². The zero-order chi connectivity index (χ0) is 17.0. The molecular weight excluding hydrogens is 331 g/mol. The van der Waals surface area contributed by atoms with Gasteiger partial charge in [-0.2, -0.15) is 18.3 Å². The lowest BCUT2D eigenvalue weighted by molar-refractivity contribution is -0.118. The number of nitrogens with one attached hydrogen (secondary N) is 1. The van der Waals surface area contributed by atoms with E-state index in [0.29, 0.717) is 5.82 Å². The molecule has 0 unspecified atom stereocenters. The second-order valence-electron chi connectivity index (χ2n) is 4.63. The summed E-state index contributed by atoms with van der Waals surface area (Å²) in [6.07, 6.45) is 0. The number of aromatic nitrogens is 2. The van der Waals surface area contributed by atoms with Crippen LogP contribution in [0, 0.1) is 6.92 Å². The SMILES string of the molecule is Cc1cc(NC(=O)COc2ccccc2SC(F)(F)F)n(C)n1. The third-order valence-electron chi connectivity index (χ3n) is 2.70. The number of nitrogens with zero attached hydrogens (tertiary/aromatic N) is 2. The van der Waals surface area contributed by atoms with Gasteiger partial charge in [0, 0.05) is 13.1 Å². The molecule has 1 heterocycles. The van der Waals surface area contributed by atoms with Crippen LogP contribution >= 0.6 is 11.8 Å². The summed E-state index contributed by atoms with van der Waals surface area (Å²) in [5, 5.41) is 6.65. The number of carbonyl (C=O) groups is 1. The van der Waals surface area contributed by atoms with E-state index in [1.807, 2.05) is 0 Å². The molecule has 0 atom stereocenters. The minimum absolute atomic E-state index is 0.00571. The largest absolute Gasteiger partial charge is 0.483 e. The average Bonchev–Trinajstić information content (AvgIpc) is 2.74. The van der Waals surface area contributed by atoms with Crippen molar-refractivity contribution in [3.05, 3.63) is 36.0 Å². The van der Waals surface area contributed by atoms with E-state index < -0.39 is 18.0 Å². The molecule has 124 valence electrons. The van der Waals surface area contributed by atoms with Crippen LogP contribution in [0.15, 0.2) is 35.2 Å². The summed E-state index contributed by atoms with van der Waals surface area (Å²) in [6, 6.07) is 7.36. The fourth-order valence-corrected chi connectivity index (χ4v) is 2.45. The number of thioether (sulfide) groups is 1. The van der Waals surface area contributed by atoms with Gasteiger partial charge in [-0.1, -0.05) is 12.1 Å². The van der Waals surface area contributed by atoms with Crippen molar-refractivity contribution in [3.8, 4) is 5.75 Å². The number of hydrogen-bond acceptors (Lipinski definition) is 4. The summed E-state index contributed by atoms with van der Waals surface area (Å²) in [5.41, 5.74) is -3.69. The van der Waals surface area contributed by atoms with E-state index in [4.69, 9.17) is 4.74 Å². The minimum atomic E-state index is -4.42. The van der Waals surface area contributed by atoms with Gasteiger partial charge in [0.2, 0.25) is 0 Å². The van der Waals surface area contributed by atoms with Crippen LogP contribution in [-0.2, 0) is 11.8 Å². The lowest BCUT2D eigenvalue weighted by Gasteiger charge is -2.12. The number of hydrogen-bond donors (Lipinski definition) is 1. The van der Waals surface area contributed by atoms with E-state index in [0.717, 1.165) is 5.69 Å². The molecular formula is C14H14F3N3O2S. The number of alkyl halides is 3. The maximum absolute atomic E-state index is 12.5. The first-order valence-electron chi connectivity index (χ1n) is 6.52. The number of amides is 1. The predicted molar refractivity (Wildman–Crippen MR) is 80.4 cm³/mol. The molecule has 5 nitrogen and oxygen atoms in total. The molecule has 0 fully saturated rings. The highest BCUT2D eigenvalue weighted by atomic mass is 32.2. The molecule has 0 aliphatic carbocycles. The Labute approximate surface area is 134 Å². The Morgan fingerprint density at radius 1 is 1.39 bits per heavy atom. The first-order chi connectivity index (χ1) is 10.7. The maximum Gasteiger partial charge on any atom is 0.446 e. The summed E-state index contributed by atoms with van der Waals surface area (Å²) in [6.45, 7) is 1.37. The Hall–Kier alpha value is -2.16. The molecule has 1 amide bonds. The highest BCUT2D eigenvalue weighted by molar-refractivity contribution is 8.00. The van der Waals surface area contributed by atoms with Gasteiger partial charge in [0.1, 0.15) is 11.6 Å². The molecule has 1 N–H and O–H groups in total. The van der Waals surface area contributed by atoms with Crippen LogP contribution in [0.25, 0.3) is 0 Å². The van der Waals surface area contributed by atoms with Gasteiger partial charge in [0.15, 0.2) is 6.61 Å². The molecule has 2 rings (SSSR count). The van der Waals surface area contributed by atoms with Crippen LogP contribution in [0.1, 0.15) is 5.69 Å². The number of ether oxygens (including phenoxy) is 1. The molecule has 9 heteroatoms. The second-order valence-corrected chi connectivity index (χ2v) is 5.73. The molecule has 0 radical (unpaired) electrons. The van der Waals surface area contributed by atoms with Gasteiger partial charge in [0.25, 0.3) is 5.91 Å². The normalized spacial score (nSPS) is 11.3. The predicted octanol–water partition coefficient (Wildman–Crippen LogP) is 3.36. The Balaban J connectivity index is 1.98. The van der Waals surface area contributed by atoms with Crippen LogP contribution in [0.5, 0.6) is 5.75 Å². The fraction of sp³-hybridized carbons (Fsp3) is 0.286. The Morgan fingerprint density at radius 3 is 2.70 bits per heavy atom. The number of rotatable bonds is 5. The Kier molecular flexibility index (Phi) is 5.19. The topological polar surface area (TPSA) is 56.1 Å². The molecule has 0 aliphatic heterocycles. The van der Waals surface area contributed by atoms with E-state index in [9.17, 15) is 18.0 Å². The maximum atomic E-state index is 12.5. The fourth-order valence-electron chi connectivity index (χ4n) is 1.83. The highest BCUT2D eigenvalue weighted by Gasteiger charge is 2.30. The van der Waals surface area contributed by atoms with Gasteiger partial charge in [-0.3, -0.25) is 9.48 Å². The van der Waals surface area contributed by atoms with Crippen LogP contribution in [0.4, 0.5) is 19.0 Å². The van der Waals surface area contributed by atoms with Gasteiger partial charge >= 0.3 is 5.51 Å². The summed E-state index contributed by atoms with van der Waals surface area (Å²) >= 11 is -0.282. The van der Waals surface area contributed by atoms with Crippen LogP contribution in [-0.4, -0.2) is 27.8 Å². The smallest absolute Gasteiger partial charge is 0.446 e. The standard InChI is InChI=1S/C14H14F3N3O2S/c1-9-7-12(20(2)19-9)18-13(21)8-22-10-5-3-4-6-11(10)23-14(15,16)17/h3-7H,8H2,1-2H3,(H,18,21). The average molecular weight is 345 g/mol. The second kappa shape index (κ2) is 6.95. The summed E-state index contributed by atoms with van der Waals surface area (Å²) in [5.74, 6) is 0.0000232. The number of halogens is 3. The van der Waals surface area contributed by atoms with Gasteiger partial charge < -0.3 is 10.1 Å². The van der Waals surface area contributed by atoms with Crippen LogP contribution < -0.4 is 10.1 Å². The van der Waals surface area contributed by atoms with Crippen molar-refractivity contribution in [3.63, 3.8) is 0 Å². The van der Waals surface area contributed by atoms with Crippen LogP contribution in [0.2, 0.25) is 0 Å². The summed E-state index contributed by atoms with van der Waals surface area (Å²) < 4.78 is 44.1. The molecule has 2 aromatic rings. The Bertz CT molecular complexity index is 701. The molecule has 1 aromatic heterocycles. The van der Waals surface area contributed by atoms with Crippen molar-refractivity contribution in [1.29, 1.82) is 0 Å². The Morgan fingerprint density at radius 2 is 2.09 bits per heavy atom. The zero-order valence-corrected chi connectivity index (χ0v) is 13.2. The quantitative estimate of drug-likeness (QED) is 0.845. The minimum Gasteiger partial charge on any atom is -0.483 e. The van der Waals surface area contributed by atoms with Crippen molar-refractivity contribution in [2.75, 3.05) is 11.9 Å². The van der Waals surface area contributed by atoms with E-state index in [1.54, 1.807) is 20.0 Å². The monoisotopic (exact) mass is 345 g/mol. The third kappa shape index (κ3) is 5.20. The number of carbonyl (C=O) groups excluding carboxylic acids is 1. The lowest BCUT2D eigenvalue weighted by atomic mass is 10.3.